The second-order valence-electron chi connectivity index (χ2n) is 4.15. The zero-order valence-electron chi connectivity index (χ0n) is 10.3. The van der Waals surface area contributed by atoms with E-state index < -0.39 is 0 Å². The van der Waals surface area contributed by atoms with E-state index in [2.05, 4.69) is 0 Å². The summed E-state index contributed by atoms with van der Waals surface area (Å²) in [7, 11) is 1.64. The van der Waals surface area contributed by atoms with Crippen LogP contribution < -0.4 is 4.74 Å². The van der Waals surface area contributed by atoms with Gasteiger partial charge < -0.3 is 9.84 Å². The van der Waals surface area contributed by atoms with E-state index >= 15 is 0 Å². The molecule has 0 fully saturated rings. The van der Waals surface area contributed by atoms with Crippen molar-refractivity contribution < 1.29 is 9.84 Å². The van der Waals surface area contributed by atoms with Gasteiger partial charge in [0.1, 0.15) is 11.5 Å². The van der Waals surface area contributed by atoms with E-state index in [1.807, 2.05) is 50.2 Å². The van der Waals surface area contributed by atoms with Crippen LogP contribution in [-0.4, -0.2) is 12.2 Å². The highest BCUT2D eigenvalue weighted by atomic mass is 16.5. The van der Waals surface area contributed by atoms with Crippen molar-refractivity contribution in [2.75, 3.05) is 7.11 Å². The normalized spacial score (nSPS) is 10.3. The summed E-state index contributed by atoms with van der Waals surface area (Å²) >= 11 is 0. The Bertz CT molecular complexity index is 527. The molecule has 0 aliphatic heterocycles. The number of aryl methyl sites for hydroxylation is 2. The fourth-order valence-electron chi connectivity index (χ4n) is 1.92. The monoisotopic (exact) mass is 228 g/mol. The number of phenolic OH excluding ortho intramolecular Hbond substituents is 1. The van der Waals surface area contributed by atoms with Crippen LogP contribution in [0, 0.1) is 13.8 Å². The van der Waals surface area contributed by atoms with Gasteiger partial charge in [-0.2, -0.15) is 0 Å². The van der Waals surface area contributed by atoms with Gasteiger partial charge in [-0.25, -0.2) is 0 Å². The van der Waals surface area contributed by atoms with Crippen LogP contribution in [0.3, 0.4) is 0 Å². The number of phenols is 1. The molecule has 0 atom stereocenters. The van der Waals surface area contributed by atoms with Crippen LogP contribution in [0.2, 0.25) is 0 Å². The molecule has 0 saturated heterocycles. The van der Waals surface area contributed by atoms with E-state index in [9.17, 15) is 5.11 Å². The average molecular weight is 228 g/mol. The van der Waals surface area contributed by atoms with E-state index in [4.69, 9.17) is 4.74 Å². The Morgan fingerprint density at radius 3 is 2.06 bits per heavy atom. The largest absolute Gasteiger partial charge is 0.507 e. The van der Waals surface area contributed by atoms with Gasteiger partial charge in [-0.3, -0.25) is 0 Å². The van der Waals surface area contributed by atoms with Crippen LogP contribution in [-0.2, 0) is 0 Å². The SMILES string of the molecule is COc1ccc(-c2c(C)ccc(C)c2O)cc1. The second kappa shape index (κ2) is 4.50. The van der Waals surface area contributed by atoms with Crippen molar-refractivity contribution in [1.29, 1.82) is 0 Å². The van der Waals surface area contributed by atoms with Crippen molar-refractivity contribution in [3.63, 3.8) is 0 Å². The quantitative estimate of drug-likeness (QED) is 0.849. The van der Waals surface area contributed by atoms with Gasteiger partial charge in [0.2, 0.25) is 0 Å². The van der Waals surface area contributed by atoms with Crippen molar-refractivity contribution in [3.8, 4) is 22.6 Å². The van der Waals surface area contributed by atoms with Gasteiger partial charge in [0.05, 0.1) is 7.11 Å². The van der Waals surface area contributed by atoms with Crippen LogP contribution in [0.4, 0.5) is 0 Å². The highest BCUT2D eigenvalue weighted by molar-refractivity contribution is 5.75. The standard InChI is InChI=1S/C15H16O2/c1-10-4-5-11(2)15(16)14(10)12-6-8-13(17-3)9-7-12/h4-9,16H,1-3H3. The molecular weight excluding hydrogens is 212 g/mol. The summed E-state index contributed by atoms with van der Waals surface area (Å²) < 4.78 is 5.13. The van der Waals surface area contributed by atoms with Crippen molar-refractivity contribution >= 4 is 0 Å². The molecule has 2 rings (SSSR count). The molecule has 0 aliphatic carbocycles. The fourth-order valence-corrected chi connectivity index (χ4v) is 1.92. The van der Waals surface area contributed by atoms with Gasteiger partial charge in [-0.15, -0.1) is 0 Å². The molecule has 0 aliphatic rings. The lowest BCUT2D eigenvalue weighted by Crippen LogP contribution is -1.88. The van der Waals surface area contributed by atoms with E-state index in [-0.39, 0.29) is 0 Å². The summed E-state index contributed by atoms with van der Waals surface area (Å²) in [5, 5.41) is 10.1. The molecule has 88 valence electrons. The predicted molar refractivity (Wildman–Crippen MR) is 69.6 cm³/mol. The Hall–Kier alpha value is -1.96. The molecule has 0 heterocycles. The Morgan fingerprint density at radius 1 is 0.882 bits per heavy atom. The summed E-state index contributed by atoms with van der Waals surface area (Å²) in [5.74, 6) is 1.17. The number of aromatic hydroxyl groups is 1. The third-order valence-electron chi connectivity index (χ3n) is 2.97. The molecule has 2 heteroatoms. The summed E-state index contributed by atoms with van der Waals surface area (Å²) in [5.41, 5.74) is 3.86. The van der Waals surface area contributed by atoms with Gasteiger partial charge in [-0.1, -0.05) is 24.3 Å². The minimum absolute atomic E-state index is 0.357. The molecule has 2 nitrogen and oxygen atoms in total. The number of rotatable bonds is 2. The molecule has 0 spiro atoms. The van der Waals surface area contributed by atoms with Crippen LogP contribution >= 0.6 is 0 Å². The van der Waals surface area contributed by atoms with Gasteiger partial charge in [0.15, 0.2) is 0 Å². The van der Waals surface area contributed by atoms with Crippen LogP contribution in [0.1, 0.15) is 11.1 Å². The van der Waals surface area contributed by atoms with Gasteiger partial charge in [0, 0.05) is 5.56 Å². The van der Waals surface area contributed by atoms with Gasteiger partial charge in [-0.05, 0) is 42.7 Å². The zero-order valence-corrected chi connectivity index (χ0v) is 10.3. The van der Waals surface area contributed by atoms with E-state index in [0.717, 1.165) is 28.0 Å². The first-order chi connectivity index (χ1) is 8.13. The first kappa shape index (κ1) is 11.5. The molecular formula is C15H16O2. The van der Waals surface area contributed by atoms with E-state index in [1.165, 1.54) is 0 Å². The Balaban J connectivity index is 2.55. The van der Waals surface area contributed by atoms with E-state index in [0.29, 0.717) is 5.75 Å². The molecule has 0 radical (unpaired) electrons. The Kier molecular flexibility index (Phi) is 3.05. The molecule has 0 amide bonds. The minimum Gasteiger partial charge on any atom is -0.507 e. The lowest BCUT2D eigenvalue weighted by Gasteiger charge is -2.11. The van der Waals surface area contributed by atoms with E-state index in [1.54, 1.807) is 7.11 Å². The third kappa shape index (κ3) is 2.11. The molecule has 0 unspecified atom stereocenters. The summed E-state index contributed by atoms with van der Waals surface area (Å²) in [4.78, 5) is 0. The van der Waals surface area contributed by atoms with Crippen LogP contribution in [0.25, 0.3) is 11.1 Å². The predicted octanol–water partition coefficient (Wildman–Crippen LogP) is 3.68. The molecule has 0 aromatic heterocycles. The molecule has 17 heavy (non-hydrogen) atoms. The fraction of sp³-hybridized carbons (Fsp3) is 0.200. The van der Waals surface area contributed by atoms with Crippen molar-refractivity contribution in [1.82, 2.24) is 0 Å². The van der Waals surface area contributed by atoms with Gasteiger partial charge >= 0.3 is 0 Å². The number of hydrogen-bond acceptors (Lipinski definition) is 2. The molecule has 0 bridgehead atoms. The minimum atomic E-state index is 0.357. The summed E-state index contributed by atoms with van der Waals surface area (Å²) in [6.45, 7) is 3.90. The zero-order chi connectivity index (χ0) is 12.4. The number of methoxy groups -OCH3 is 1. The number of ether oxygens (including phenoxy) is 1. The first-order valence-corrected chi connectivity index (χ1v) is 5.57. The second-order valence-corrected chi connectivity index (χ2v) is 4.15. The lowest BCUT2D eigenvalue weighted by molar-refractivity contribution is 0.415. The highest BCUT2D eigenvalue weighted by Gasteiger charge is 2.09. The maximum Gasteiger partial charge on any atom is 0.126 e. The average Bonchev–Trinajstić information content (AvgIpc) is 2.35. The topological polar surface area (TPSA) is 29.5 Å². The first-order valence-electron chi connectivity index (χ1n) is 5.57. The maximum absolute atomic E-state index is 10.1. The van der Waals surface area contributed by atoms with Crippen molar-refractivity contribution in [3.05, 3.63) is 47.5 Å². The molecule has 1 N–H and O–H groups in total. The summed E-state index contributed by atoms with van der Waals surface area (Å²) in [6.07, 6.45) is 0. The molecule has 2 aromatic rings. The van der Waals surface area contributed by atoms with Crippen LogP contribution in [0.5, 0.6) is 11.5 Å². The van der Waals surface area contributed by atoms with Crippen LogP contribution in [0.15, 0.2) is 36.4 Å². The van der Waals surface area contributed by atoms with Crippen molar-refractivity contribution in [2.24, 2.45) is 0 Å². The highest BCUT2D eigenvalue weighted by Crippen LogP contribution is 2.35. The maximum atomic E-state index is 10.1. The number of hydrogen-bond donors (Lipinski definition) is 1. The Labute approximate surface area is 101 Å². The smallest absolute Gasteiger partial charge is 0.126 e. The molecule has 0 saturated carbocycles. The number of benzene rings is 2. The third-order valence-corrected chi connectivity index (χ3v) is 2.97. The molecule has 2 aromatic carbocycles. The lowest BCUT2D eigenvalue weighted by atomic mass is 9.97. The van der Waals surface area contributed by atoms with Gasteiger partial charge in [0.25, 0.3) is 0 Å². The summed E-state index contributed by atoms with van der Waals surface area (Å²) in [6, 6.07) is 11.7. The van der Waals surface area contributed by atoms with Crippen molar-refractivity contribution in [2.45, 2.75) is 13.8 Å². The Morgan fingerprint density at radius 2 is 1.47 bits per heavy atom.